The van der Waals surface area contributed by atoms with Crippen LogP contribution in [0.2, 0.25) is 0 Å². The predicted octanol–water partition coefficient (Wildman–Crippen LogP) is 3.36. The molecule has 0 radical (unpaired) electrons. The molecule has 0 bridgehead atoms. The number of pyridine rings is 2. The highest BCUT2D eigenvalue weighted by Gasteiger charge is 2.23. The van der Waals surface area contributed by atoms with Gasteiger partial charge in [-0.25, -0.2) is 19.9 Å². The van der Waals surface area contributed by atoms with Crippen molar-refractivity contribution in [3.63, 3.8) is 0 Å². The van der Waals surface area contributed by atoms with Crippen LogP contribution in [-0.4, -0.2) is 50.1 Å². The van der Waals surface area contributed by atoms with Gasteiger partial charge in [0.05, 0.1) is 17.1 Å². The van der Waals surface area contributed by atoms with Crippen molar-refractivity contribution in [2.45, 2.75) is 38.9 Å². The topological polar surface area (TPSA) is 121 Å². The average molecular weight is 444 g/mol. The van der Waals surface area contributed by atoms with Crippen LogP contribution >= 0.6 is 0 Å². The maximum absolute atomic E-state index is 5.91. The summed E-state index contributed by atoms with van der Waals surface area (Å²) in [5.74, 6) is 2.22. The van der Waals surface area contributed by atoms with E-state index in [1.807, 2.05) is 18.3 Å². The van der Waals surface area contributed by atoms with E-state index in [1.165, 1.54) is 0 Å². The molecular weight excluding hydrogens is 414 g/mol. The number of nitrogens with two attached hydrogens (primary N) is 1. The fourth-order valence-corrected chi connectivity index (χ4v) is 4.57. The summed E-state index contributed by atoms with van der Waals surface area (Å²) in [6.45, 7) is 8.40. The lowest BCUT2D eigenvalue weighted by atomic mass is 10.1. The molecule has 0 amide bonds. The summed E-state index contributed by atoms with van der Waals surface area (Å²) in [6.07, 6.45) is 5.19. The Labute approximate surface area is 192 Å². The number of piperazine rings is 1. The molecule has 4 aromatic rings. The summed E-state index contributed by atoms with van der Waals surface area (Å²) in [4.78, 5) is 23.6. The van der Waals surface area contributed by atoms with Crippen LogP contribution in [0, 0.1) is 0 Å². The second kappa shape index (κ2) is 8.67. The molecule has 1 aliphatic heterocycles. The highest BCUT2D eigenvalue weighted by atomic mass is 15.3. The lowest BCUT2D eigenvalue weighted by Crippen LogP contribution is -2.54. The van der Waals surface area contributed by atoms with Crippen molar-refractivity contribution in [2.75, 3.05) is 29.0 Å². The number of aromatic nitrogens is 5. The molecule has 5 rings (SSSR count). The number of H-pyrrole nitrogens is 1. The molecule has 1 fully saturated rings. The minimum Gasteiger partial charge on any atom is -0.384 e. The molecule has 5 N–H and O–H groups in total. The van der Waals surface area contributed by atoms with Gasteiger partial charge in [-0.15, -0.1) is 0 Å². The van der Waals surface area contributed by atoms with Crippen molar-refractivity contribution in [1.29, 1.82) is 0 Å². The monoisotopic (exact) mass is 443 g/mol. The van der Waals surface area contributed by atoms with Gasteiger partial charge in [-0.05, 0) is 50.6 Å². The molecule has 0 unspecified atom stereocenters. The number of anilines is 3. The van der Waals surface area contributed by atoms with Crippen LogP contribution in [0.1, 0.15) is 32.5 Å². The molecule has 0 aliphatic carbocycles. The molecular formula is C24H29N9. The van der Waals surface area contributed by atoms with Crippen LogP contribution < -0.4 is 21.3 Å². The Kier molecular flexibility index (Phi) is 5.55. The van der Waals surface area contributed by atoms with E-state index in [9.17, 15) is 0 Å². The van der Waals surface area contributed by atoms with Gasteiger partial charge in [0.15, 0.2) is 0 Å². The lowest BCUT2D eigenvalue weighted by molar-refractivity contribution is 0.405. The van der Waals surface area contributed by atoms with Crippen molar-refractivity contribution < 1.29 is 0 Å². The van der Waals surface area contributed by atoms with E-state index in [0.29, 0.717) is 17.9 Å². The summed E-state index contributed by atoms with van der Waals surface area (Å²) >= 11 is 0. The first-order valence-electron chi connectivity index (χ1n) is 11.3. The van der Waals surface area contributed by atoms with Gasteiger partial charge in [0.2, 0.25) is 0 Å². The molecule has 4 aromatic heterocycles. The first-order valence-corrected chi connectivity index (χ1v) is 11.3. The molecule has 3 atom stereocenters. The van der Waals surface area contributed by atoms with Crippen LogP contribution in [0.4, 0.5) is 17.5 Å². The third kappa shape index (κ3) is 4.31. The number of nitrogen functional groups attached to an aromatic ring is 1. The molecule has 0 saturated carbocycles. The number of fused-ring (bicyclic) bond motifs is 1. The third-order valence-corrected chi connectivity index (χ3v) is 6.00. The van der Waals surface area contributed by atoms with Gasteiger partial charge < -0.3 is 26.3 Å². The molecule has 0 aromatic carbocycles. The Morgan fingerprint density at radius 1 is 1.12 bits per heavy atom. The normalized spacial score (nSPS) is 19.5. The summed E-state index contributed by atoms with van der Waals surface area (Å²) in [7, 11) is 0. The van der Waals surface area contributed by atoms with Gasteiger partial charge in [-0.1, -0.05) is 6.07 Å². The fourth-order valence-electron chi connectivity index (χ4n) is 4.57. The Bertz CT molecular complexity index is 1260. The largest absolute Gasteiger partial charge is 0.384 e. The van der Waals surface area contributed by atoms with Crippen LogP contribution in [0.25, 0.3) is 22.2 Å². The molecule has 9 nitrogen and oxygen atoms in total. The Morgan fingerprint density at radius 2 is 1.94 bits per heavy atom. The van der Waals surface area contributed by atoms with E-state index >= 15 is 0 Å². The zero-order valence-electron chi connectivity index (χ0n) is 19.1. The number of hydrogen-bond acceptors (Lipinski definition) is 8. The molecule has 9 heteroatoms. The molecule has 1 saturated heterocycles. The van der Waals surface area contributed by atoms with Gasteiger partial charge in [0.25, 0.3) is 0 Å². The van der Waals surface area contributed by atoms with E-state index in [4.69, 9.17) is 10.7 Å². The zero-order chi connectivity index (χ0) is 22.9. The van der Waals surface area contributed by atoms with E-state index in [-0.39, 0.29) is 6.04 Å². The molecule has 1 aliphatic rings. The standard InChI is InChI=1S/C24H29N9/c1-14-11-33(12-15(2)30-14)21-6-4-5-19(32-21)16(3)31-24-22-18(10-27-23(22)28-13-29-24)17-7-8-26-20(25)9-17/h4-10,13-16,30H,11-12H2,1-3H3,(H2,25,26)(H2,27,28,29,31)/t14-,15+,16-/m1/s1. The van der Waals surface area contributed by atoms with Crippen molar-refractivity contribution in [2.24, 2.45) is 0 Å². The molecule has 170 valence electrons. The Hall–Kier alpha value is -3.72. The predicted molar refractivity (Wildman–Crippen MR) is 132 cm³/mol. The maximum Gasteiger partial charge on any atom is 0.143 e. The van der Waals surface area contributed by atoms with Crippen molar-refractivity contribution in [1.82, 2.24) is 30.2 Å². The van der Waals surface area contributed by atoms with Crippen molar-refractivity contribution in [3.8, 4) is 11.1 Å². The first kappa shape index (κ1) is 21.1. The molecule has 0 spiro atoms. The second-order valence-corrected chi connectivity index (χ2v) is 8.78. The van der Waals surface area contributed by atoms with E-state index < -0.39 is 0 Å². The van der Waals surface area contributed by atoms with Gasteiger partial charge >= 0.3 is 0 Å². The summed E-state index contributed by atoms with van der Waals surface area (Å²) in [5, 5.41) is 8.04. The van der Waals surface area contributed by atoms with E-state index in [0.717, 1.165) is 52.6 Å². The zero-order valence-corrected chi connectivity index (χ0v) is 19.1. The minimum atomic E-state index is -0.0499. The second-order valence-electron chi connectivity index (χ2n) is 8.78. The van der Waals surface area contributed by atoms with Crippen LogP contribution in [-0.2, 0) is 0 Å². The molecule has 5 heterocycles. The first-order chi connectivity index (χ1) is 16.0. The number of rotatable bonds is 5. The fraction of sp³-hybridized carbons (Fsp3) is 0.333. The van der Waals surface area contributed by atoms with Gasteiger partial charge in [0, 0.05) is 43.1 Å². The van der Waals surface area contributed by atoms with Gasteiger partial charge in [-0.3, -0.25) is 0 Å². The summed E-state index contributed by atoms with van der Waals surface area (Å²) < 4.78 is 0. The maximum atomic E-state index is 5.91. The Balaban J connectivity index is 1.44. The highest BCUT2D eigenvalue weighted by molar-refractivity contribution is 6.01. The number of hydrogen-bond donors (Lipinski definition) is 4. The quantitative estimate of drug-likeness (QED) is 0.371. The number of nitrogens with one attached hydrogen (secondary N) is 3. The number of aromatic amines is 1. The Morgan fingerprint density at radius 3 is 2.73 bits per heavy atom. The summed E-state index contributed by atoms with van der Waals surface area (Å²) in [5.41, 5.74) is 9.56. The van der Waals surface area contributed by atoms with Crippen molar-refractivity contribution in [3.05, 3.63) is 54.7 Å². The van der Waals surface area contributed by atoms with Gasteiger partial charge in [-0.2, -0.15) is 0 Å². The SMILES string of the molecule is C[C@@H]1CN(c2cccc([C@@H](C)Nc3ncnc4[nH]cc(-c5ccnc(N)c5)c34)n2)C[C@H](C)N1. The highest BCUT2D eigenvalue weighted by Crippen LogP contribution is 2.33. The number of nitrogens with zero attached hydrogens (tertiary/aromatic N) is 5. The summed E-state index contributed by atoms with van der Waals surface area (Å²) in [6, 6.07) is 10.8. The van der Waals surface area contributed by atoms with Gasteiger partial charge in [0.1, 0.15) is 29.4 Å². The van der Waals surface area contributed by atoms with E-state index in [1.54, 1.807) is 12.5 Å². The van der Waals surface area contributed by atoms with Crippen LogP contribution in [0.5, 0.6) is 0 Å². The molecule has 33 heavy (non-hydrogen) atoms. The minimum absolute atomic E-state index is 0.0499. The average Bonchev–Trinajstić information content (AvgIpc) is 3.24. The third-order valence-electron chi connectivity index (χ3n) is 6.00. The van der Waals surface area contributed by atoms with Crippen molar-refractivity contribution >= 4 is 28.5 Å². The lowest BCUT2D eigenvalue weighted by Gasteiger charge is -2.37. The van der Waals surface area contributed by atoms with E-state index in [2.05, 4.69) is 74.4 Å². The van der Waals surface area contributed by atoms with Crippen LogP contribution in [0.15, 0.2) is 49.1 Å². The smallest absolute Gasteiger partial charge is 0.143 e. The van der Waals surface area contributed by atoms with Crippen LogP contribution in [0.3, 0.4) is 0 Å².